The van der Waals surface area contributed by atoms with Crippen molar-refractivity contribution in [2.24, 2.45) is 0 Å². The van der Waals surface area contributed by atoms with Crippen LogP contribution in [0.3, 0.4) is 0 Å². The van der Waals surface area contributed by atoms with Gasteiger partial charge in [-0.3, -0.25) is 0 Å². The minimum atomic E-state index is 0.0702. The lowest BCUT2D eigenvalue weighted by atomic mass is 10.1. The molecule has 0 aliphatic carbocycles. The van der Waals surface area contributed by atoms with E-state index in [1.807, 2.05) is 41.3 Å². The lowest BCUT2D eigenvalue weighted by Gasteiger charge is -2.22. The third-order valence-corrected chi connectivity index (χ3v) is 3.96. The fraction of sp³-hybridized carbons (Fsp3) is 0.316. The van der Waals surface area contributed by atoms with Crippen molar-refractivity contribution in [2.45, 2.75) is 6.54 Å². The molecular formula is C19H25N2O2S+. The maximum absolute atomic E-state index is 9.12. The van der Waals surface area contributed by atoms with Gasteiger partial charge < -0.3 is 15.1 Å². The molecule has 0 saturated heterocycles. The lowest BCUT2D eigenvalue weighted by molar-refractivity contribution is -0.694. The molecule has 5 heteroatoms. The summed E-state index contributed by atoms with van der Waals surface area (Å²) in [5.41, 5.74) is 3.24. The Labute approximate surface area is 149 Å². The highest BCUT2D eigenvalue weighted by atomic mass is 32.1. The highest BCUT2D eigenvalue weighted by Gasteiger charge is 2.06. The maximum atomic E-state index is 9.12. The van der Waals surface area contributed by atoms with E-state index in [1.165, 1.54) is 0 Å². The lowest BCUT2D eigenvalue weighted by Crippen LogP contribution is -2.37. The van der Waals surface area contributed by atoms with Crippen molar-refractivity contribution in [1.82, 2.24) is 0 Å². The topological polar surface area (TPSA) is 47.6 Å². The predicted molar refractivity (Wildman–Crippen MR) is 102 cm³/mol. The van der Waals surface area contributed by atoms with E-state index in [9.17, 15) is 0 Å². The quantitative estimate of drug-likeness (QED) is 0.480. The van der Waals surface area contributed by atoms with Crippen LogP contribution in [0, 0.1) is 0 Å². The van der Waals surface area contributed by atoms with Crippen LogP contribution in [0.5, 0.6) is 0 Å². The zero-order valence-corrected chi connectivity index (χ0v) is 14.6. The van der Waals surface area contributed by atoms with Gasteiger partial charge in [-0.05, 0) is 29.8 Å². The number of benzene rings is 1. The van der Waals surface area contributed by atoms with Gasteiger partial charge in [0.25, 0.3) is 0 Å². The van der Waals surface area contributed by atoms with Gasteiger partial charge in [-0.15, -0.1) is 0 Å². The first-order chi connectivity index (χ1) is 11.8. The second-order valence-corrected chi connectivity index (χ2v) is 5.85. The molecule has 0 amide bonds. The Morgan fingerprint density at radius 2 is 1.67 bits per heavy atom. The summed E-state index contributed by atoms with van der Waals surface area (Å²) in [5.74, 6) is 0.801. The van der Waals surface area contributed by atoms with Gasteiger partial charge in [0.1, 0.15) is 0 Å². The Hall–Kier alpha value is -1.82. The van der Waals surface area contributed by atoms with E-state index < -0.39 is 0 Å². The molecule has 2 aromatic rings. The van der Waals surface area contributed by atoms with E-state index in [-0.39, 0.29) is 13.2 Å². The first-order valence-corrected chi connectivity index (χ1v) is 8.76. The Bertz CT molecular complexity index is 638. The molecule has 0 unspecified atom stereocenters. The number of aromatic nitrogens is 1. The molecule has 4 nitrogen and oxygen atoms in total. The number of thiol groups is 1. The number of aliphatic hydroxyl groups is 2. The number of aliphatic hydroxyl groups excluding tert-OH is 2. The largest absolute Gasteiger partial charge is 0.395 e. The summed E-state index contributed by atoms with van der Waals surface area (Å²) >= 11 is 4.30. The number of anilines is 1. The van der Waals surface area contributed by atoms with Crippen LogP contribution in [0.15, 0.2) is 48.7 Å². The average Bonchev–Trinajstić information content (AvgIpc) is 2.62. The molecule has 0 aliphatic heterocycles. The summed E-state index contributed by atoms with van der Waals surface area (Å²) in [5, 5.41) is 18.2. The van der Waals surface area contributed by atoms with Gasteiger partial charge in [-0.1, -0.05) is 12.1 Å². The van der Waals surface area contributed by atoms with Gasteiger partial charge in [-0.25, -0.2) is 0 Å². The molecule has 0 saturated carbocycles. The highest BCUT2D eigenvalue weighted by Crippen LogP contribution is 2.16. The summed E-state index contributed by atoms with van der Waals surface area (Å²) in [6.45, 7) is 2.05. The van der Waals surface area contributed by atoms with Crippen molar-refractivity contribution >= 4 is 30.5 Å². The fourth-order valence-electron chi connectivity index (χ4n) is 2.54. The molecule has 0 fully saturated rings. The van der Waals surface area contributed by atoms with Crippen molar-refractivity contribution in [3.63, 3.8) is 0 Å². The first-order valence-electron chi connectivity index (χ1n) is 8.12. The highest BCUT2D eigenvalue weighted by molar-refractivity contribution is 7.80. The standard InChI is InChI=1S/C19H24N2O2S/c22-14-11-21(12-15-23)19-8-5-17(6-9-19)4-7-18-3-1-2-10-20(18)13-16-24/h1-10,22-23H,11-16H2/p+1. The Balaban J connectivity index is 2.11. The Kier molecular flexibility index (Phi) is 7.82. The molecule has 2 rings (SSSR count). The second-order valence-electron chi connectivity index (χ2n) is 5.40. The Morgan fingerprint density at radius 3 is 2.29 bits per heavy atom. The van der Waals surface area contributed by atoms with E-state index in [2.05, 4.69) is 41.6 Å². The number of hydrogen-bond acceptors (Lipinski definition) is 4. The summed E-state index contributed by atoms with van der Waals surface area (Å²) < 4.78 is 2.17. The number of pyridine rings is 1. The smallest absolute Gasteiger partial charge is 0.205 e. The minimum Gasteiger partial charge on any atom is -0.395 e. The monoisotopic (exact) mass is 345 g/mol. The molecule has 0 spiro atoms. The molecule has 1 aromatic carbocycles. The summed E-state index contributed by atoms with van der Waals surface area (Å²) in [4.78, 5) is 1.96. The molecule has 24 heavy (non-hydrogen) atoms. The van der Waals surface area contributed by atoms with Gasteiger partial charge in [0.15, 0.2) is 12.7 Å². The number of rotatable bonds is 9. The zero-order valence-electron chi connectivity index (χ0n) is 13.8. The SMILES string of the molecule is OCCN(CCO)c1ccc(/C=C/c2cccc[n+]2CCS)cc1. The van der Waals surface area contributed by atoms with E-state index in [0.29, 0.717) is 13.1 Å². The van der Waals surface area contributed by atoms with E-state index >= 15 is 0 Å². The van der Waals surface area contributed by atoms with Crippen molar-refractivity contribution in [3.05, 3.63) is 59.9 Å². The molecule has 1 heterocycles. The van der Waals surface area contributed by atoms with Crippen LogP contribution >= 0.6 is 12.6 Å². The number of nitrogens with zero attached hydrogens (tertiary/aromatic N) is 2. The molecule has 1 aromatic heterocycles. The van der Waals surface area contributed by atoms with Crippen molar-refractivity contribution in [2.75, 3.05) is 37.0 Å². The van der Waals surface area contributed by atoms with E-state index in [0.717, 1.165) is 29.2 Å². The van der Waals surface area contributed by atoms with Crippen LogP contribution in [0.1, 0.15) is 11.3 Å². The summed E-state index contributed by atoms with van der Waals surface area (Å²) in [6.07, 6.45) is 6.23. The van der Waals surface area contributed by atoms with Gasteiger partial charge in [0.2, 0.25) is 5.69 Å². The van der Waals surface area contributed by atoms with Crippen LogP contribution in [-0.2, 0) is 6.54 Å². The van der Waals surface area contributed by atoms with Crippen molar-refractivity contribution in [3.8, 4) is 0 Å². The van der Waals surface area contributed by atoms with Crippen LogP contribution in [0.4, 0.5) is 5.69 Å². The first kappa shape index (κ1) is 18.5. The number of aryl methyl sites for hydroxylation is 1. The maximum Gasteiger partial charge on any atom is 0.205 e. The molecule has 128 valence electrons. The van der Waals surface area contributed by atoms with Crippen LogP contribution in [-0.4, -0.2) is 42.3 Å². The second kappa shape index (κ2) is 10.1. The van der Waals surface area contributed by atoms with Crippen molar-refractivity contribution < 1.29 is 14.8 Å². The summed E-state index contributed by atoms with van der Waals surface area (Å²) in [6, 6.07) is 14.2. The molecule has 0 radical (unpaired) electrons. The molecule has 0 aliphatic rings. The van der Waals surface area contributed by atoms with Gasteiger partial charge in [-0.2, -0.15) is 17.2 Å². The average molecular weight is 345 g/mol. The zero-order chi connectivity index (χ0) is 17.2. The summed E-state index contributed by atoms with van der Waals surface area (Å²) in [7, 11) is 0. The third kappa shape index (κ3) is 5.37. The predicted octanol–water partition coefficient (Wildman–Crippen LogP) is 1.87. The van der Waals surface area contributed by atoms with Crippen LogP contribution < -0.4 is 9.47 Å². The minimum absolute atomic E-state index is 0.0702. The van der Waals surface area contributed by atoms with Gasteiger partial charge in [0, 0.05) is 42.7 Å². The molecule has 0 atom stereocenters. The van der Waals surface area contributed by atoms with Crippen LogP contribution in [0.25, 0.3) is 12.2 Å². The normalized spacial score (nSPS) is 11.1. The van der Waals surface area contributed by atoms with Gasteiger partial charge >= 0.3 is 0 Å². The number of hydrogen-bond donors (Lipinski definition) is 3. The fourth-order valence-corrected chi connectivity index (χ4v) is 2.76. The molecular weight excluding hydrogens is 320 g/mol. The molecule has 2 N–H and O–H groups in total. The Morgan fingerprint density at radius 1 is 0.958 bits per heavy atom. The van der Waals surface area contributed by atoms with Crippen molar-refractivity contribution in [1.29, 1.82) is 0 Å². The molecule has 0 bridgehead atoms. The van der Waals surface area contributed by atoms with E-state index in [4.69, 9.17) is 10.2 Å². The third-order valence-electron chi connectivity index (χ3n) is 3.76. The van der Waals surface area contributed by atoms with E-state index in [1.54, 1.807) is 0 Å². The van der Waals surface area contributed by atoms with Gasteiger partial charge in [0.05, 0.1) is 13.2 Å². The van der Waals surface area contributed by atoms with Crippen LogP contribution in [0.2, 0.25) is 0 Å².